The SMILES string of the molecule is Cc1cccc(Nc2cc(N[C@@H]3CCCC[C@@H]3NC(=O)OC(C)(C)C)ccc2C#N)c1. The summed E-state index contributed by atoms with van der Waals surface area (Å²) >= 11 is 0. The molecule has 6 heteroatoms. The van der Waals surface area contributed by atoms with Crippen molar-refractivity contribution in [3.63, 3.8) is 0 Å². The van der Waals surface area contributed by atoms with Gasteiger partial charge in [-0.05, 0) is 76.4 Å². The van der Waals surface area contributed by atoms with E-state index in [1.54, 1.807) is 0 Å². The van der Waals surface area contributed by atoms with Gasteiger partial charge in [-0.15, -0.1) is 0 Å². The third kappa shape index (κ3) is 6.65. The van der Waals surface area contributed by atoms with Gasteiger partial charge in [-0.2, -0.15) is 5.26 Å². The monoisotopic (exact) mass is 420 g/mol. The highest BCUT2D eigenvalue weighted by Gasteiger charge is 2.28. The Morgan fingerprint density at radius 3 is 2.48 bits per heavy atom. The molecule has 0 heterocycles. The van der Waals surface area contributed by atoms with Gasteiger partial charge in [-0.3, -0.25) is 0 Å². The molecule has 0 aromatic heterocycles. The fourth-order valence-corrected chi connectivity index (χ4v) is 3.86. The Balaban J connectivity index is 1.74. The van der Waals surface area contributed by atoms with Crippen LogP contribution in [0.25, 0.3) is 0 Å². The van der Waals surface area contributed by atoms with Gasteiger partial charge in [-0.25, -0.2) is 4.79 Å². The molecule has 31 heavy (non-hydrogen) atoms. The molecule has 2 atom stereocenters. The lowest BCUT2D eigenvalue weighted by Crippen LogP contribution is -2.49. The third-order valence-corrected chi connectivity index (χ3v) is 5.26. The number of nitrogens with one attached hydrogen (secondary N) is 3. The summed E-state index contributed by atoms with van der Waals surface area (Å²) in [4.78, 5) is 12.3. The molecule has 0 saturated heterocycles. The highest BCUT2D eigenvalue weighted by atomic mass is 16.6. The molecule has 1 saturated carbocycles. The van der Waals surface area contributed by atoms with E-state index in [1.807, 2.05) is 70.2 Å². The summed E-state index contributed by atoms with van der Waals surface area (Å²) in [7, 11) is 0. The smallest absolute Gasteiger partial charge is 0.407 e. The molecule has 1 aliphatic rings. The maximum Gasteiger partial charge on any atom is 0.407 e. The van der Waals surface area contributed by atoms with Crippen LogP contribution in [0, 0.1) is 18.3 Å². The Bertz CT molecular complexity index is 959. The van der Waals surface area contributed by atoms with Crippen LogP contribution in [0.2, 0.25) is 0 Å². The maximum absolute atomic E-state index is 12.3. The zero-order valence-corrected chi connectivity index (χ0v) is 18.8. The number of benzene rings is 2. The zero-order valence-electron chi connectivity index (χ0n) is 18.8. The van der Waals surface area contributed by atoms with Crippen LogP contribution in [-0.2, 0) is 4.74 Å². The van der Waals surface area contributed by atoms with Crippen LogP contribution >= 0.6 is 0 Å². The molecular weight excluding hydrogens is 388 g/mol. The normalized spacial score (nSPS) is 18.5. The van der Waals surface area contributed by atoms with Gasteiger partial charge in [0.25, 0.3) is 0 Å². The predicted molar refractivity (Wildman–Crippen MR) is 125 cm³/mol. The first-order valence-electron chi connectivity index (χ1n) is 10.9. The molecule has 164 valence electrons. The Hall–Kier alpha value is -3.20. The minimum atomic E-state index is -0.523. The second kappa shape index (κ2) is 9.74. The molecule has 0 bridgehead atoms. The van der Waals surface area contributed by atoms with Crippen molar-refractivity contribution < 1.29 is 9.53 Å². The minimum Gasteiger partial charge on any atom is -0.444 e. The molecule has 0 radical (unpaired) electrons. The van der Waals surface area contributed by atoms with Gasteiger partial charge in [-0.1, -0.05) is 25.0 Å². The first-order valence-corrected chi connectivity index (χ1v) is 10.9. The van der Waals surface area contributed by atoms with E-state index in [4.69, 9.17) is 4.74 Å². The lowest BCUT2D eigenvalue weighted by atomic mass is 9.90. The summed E-state index contributed by atoms with van der Waals surface area (Å²) in [5.41, 5.74) is 3.82. The number of hydrogen-bond donors (Lipinski definition) is 3. The summed E-state index contributed by atoms with van der Waals surface area (Å²) in [6.07, 6.45) is 3.66. The summed E-state index contributed by atoms with van der Waals surface area (Å²) in [6.45, 7) is 7.63. The Kier molecular flexibility index (Phi) is 7.06. The fraction of sp³-hybridized carbons (Fsp3) is 0.440. The van der Waals surface area contributed by atoms with E-state index >= 15 is 0 Å². The highest BCUT2D eigenvalue weighted by molar-refractivity contribution is 5.72. The van der Waals surface area contributed by atoms with E-state index in [0.717, 1.165) is 48.3 Å². The molecule has 0 aliphatic heterocycles. The molecule has 1 fully saturated rings. The molecule has 1 amide bonds. The van der Waals surface area contributed by atoms with Crippen molar-refractivity contribution in [2.45, 2.75) is 71.1 Å². The van der Waals surface area contributed by atoms with E-state index < -0.39 is 5.60 Å². The molecule has 3 rings (SSSR count). The number of carbonyl (C=O) groups is 1. The van der Waals surface area contributed by atoms with Gasteiger partial charge in [0.1, 0.15) is 11.7 Å². The quantitative estimate of drug-likeness (QED) is 0.564. The first kappa shape index (κ1) is 22.5. The maximum atomic E-state index is 12.3. The number of nitrogens with zero attached hydrogens (tertiary/aromatic N) is 1. The van der Waals surface area contributed by atoms with Crippen molar-refractivity contribution in [3.05, 3.63) is 53.6 Å². The van der Waals surface area contributed by atoms with Crippen molar-refractivity contribution in [1.82, 2.24) is 5.32 Å². The Morgan fingerprint density at radius 2 is 1.81 bits per heavy atom. The Labute approximate surface area is 185 Å². The van der Waals surface area contributed by atoms with E-state index in [2.05, 4.69) is 22.0 Å². The van der Waals surface area contributed by atoms with Crippen LogP contribution in [0.15, 0.2) is 42.5 Å². The predicted octanol–water partition coefficient (Wildman–Crippen LogP) is 5.86. The number of alkyl carbamates (subject to hydrolysis) is 1. The highest BCUT2D eigenvalue weighted by Crippen LogP contribution is 2.28. The molecule has 2 aromatic rings. The number of nitriles is 1. The Morgan fingerprint density at radius 1 is 1.06 bits per heavy atom. The van der Waals surface area contributed by atoms with E-state index in [9.17, 15) is 10.1 Å². The van der Waals surface area contributed by atoms with Crippen molar-refractivity contribution in [3.8, 4) is 6.07 Å². The number of anilines is 3. The van der Waals surface area contributed by atoms with Crippen molar-refractivity contribution in [2.24, 2.45) is 0 Å². The topological polar surface area (TPSA) is 86.2 Å². The van der Waals surface area contributed by atoms with Crippen molar-refractivity contribution >= 4 is 23.2 Å². The second-order valence-electron chi connectivity index (χ2n) is 9.15. The first-order chi connectivity index (χ1) is 14.7. The summed E-state index contributed by atoms with van der Waals surface area (Å²) < 4.78 is 5.44. The van der Waals surface area contributed by atoms with Crippen molar-refractivity contribution in [2.75, 3.05) is 10.6 Å². The van der Waals surface area contributed by atoms with Gasteiger partial charge in [0, 0.05) is 17.4 Å². The van der Waals surface area contributed by atoms with E-state index in [-0.39, 0.29) is 18.2 Å². The number of ether oxygens (including phenoxy) is 1. The van der Waals surface area contributed by atoms with Crippen LogP contribution in [0.5, 0.6) is 0 Å². The van der Waals surface area contributed by atoms with Crippen LogP contribution in [0.4, 0.5) is 21.9 Å². The number of amides is 1. The zero-order chi connectivity index (χ0) is 22.4. The van der Waals surface area contributed by atoms with Crippen LogP contribution < -0.4 is 16.0 Å². The molecule has 0 spiro atoms. The molecule has 0 unspecified atom stereocenters. The standard InChI is InChI=1S/C25H32N4O2/c1-17-8-7-9-19(14-17)28-23-15-20(13-12-18(23)16-26)27-21-10-5-6-11-22(21)29-24(30)31-25(2,3)4/h7-9,12-15,21-22,27-28H,5-6,10-11H2,1-4H3,(H,29,30)/t21-,22+/m1/s1. The average molecular weight is 421 g/mol. The minimum absolute atomic E-state index is 0.00701. The van der Waals surface area contributed by atoms with Gasteiger partial charge < -0.3 is 20.7 Å². The van der Waals surface area contributed by atoms with E-state index in [1.165, 1.54) is 0 Å². The number of carbonyl (C=O) groups excluding carboxylic acids is 1. The average Bonchev–Trinajstić information content (AvgIpc) is 2.68. The lowest BCUT2D eigenvalue weighted by Gasteiger charge is -2.34. The number of rotatable bonds is 5. The van der Waals surface area contributed by atoms with Gasteiger partial charge >= 0.3 is 6.09 Å². The van der Waals surface area contributed by atoms with Gasteiger partial charge in [0.15, 0.2) is 0 Å². The second-order valence-corrected chi connectivity index (χ2v) is 9.15. The molecule has 3 N–H and O–H groups in total. The summed E-state index contributed by atoms with van der Waals surface area (Å²) in [5.74, 6) is 0. The largest absolute Gasteiger partial charge is 0.444 e. The molecule has 2 aromatic carbocycles. The van der Waals surface area contributed by atoms with Crippen LogP contribution in [-0.4, -0.2) is 23.8 Å². The lowest BCUT2D eigenvalue weighted by molar-refractivity contribution is 0.0488. The van der Waals surface area contributed by atoms with Crippen LogP contribution in [0.1, 0.15) is 57.6 Å². The summed E-state index contributed by atoms with van der Waals surface area (Å²) in [6, 6.07) is 16.1. The third-order valence-electron chi connectivity index (χ3n) is 5.26. The van der Waals surface area contributed by atoms with Crippen LogP contribution in [0.3, 0.4) is 0 Å². The number of hydrogen-bond acceptors (Lipinski definition) is 5. The molecule has 1 aliphatic carbocycles. The van der Waals surface area contributed by atoms with Crippen molar-refractivity contribution in [1.29, 1.82) is 5.26 Å². The fourth-order valence-electron chi connectivity index (χ4n) is 3.86. The number of aryl methyl sites for hydroxylation is 1. The summed E-state index contributed by atoms with van der Waals surface area (Å²) in [5, 5.41) is 19.5. The van der Waals surface area contributed by atoms with Gasteiger partial charge in [0.05, 0.1) is 17.3 Å². The van der Waals surface area contributed by atoms with Gasteiger partial charge in [0.2, 0.25) is 0 Å². The molecular formula is C25H32N4O2. The van der Waals surface area contributed by atoms with E-state index in [0.29, 0.717) is 5.56 Å². The molecule has 6 nitrogen and oxygen atoms in total.